The molecule has 0 fully saturated rings. The number of unbranched alkanes of at least 4 members (excludes halogenated alkanes) is 1. The first-order valence-electron chi connectivity index (χ1n) is 6.05. The SMILES string of the molecule is CCCCN(C)S(=O)(=O)N(C)Cc1ccncc1. The number of hydrogen-bond acceptors (Lipinski definition) is 3. The maximum atomic E-state index is 12.2. The molecule has 0 N–H and O–H groups in total. The Morgan fingerprint density at radius 1 is 1.17 bits per heavy atom. The number of aromatic nitrogens is 1. The van der Waals surface area contributed by atoms with E-state index in [0.29, 0.717) is 13.1 Å². The predicted molar refractivity (Wildman–Crippen MR) is 72.2 cm³/mol. The van der Waals surface area contributed by atoms with Gasteiger partial charge in [0.25, 0.3) is 10.2 Å². The van der Waals surface area contributed by atoms with Crippen molar-refractivity contribution in [2.24, 2.45) is 0 Å². The summed E-state index contributed by atoms with van der Waals surface area (Å²) in [7, 11) is -0.149. The molecule has 0 amide bonds. The van der Waals surface area contributed by atoms with Gasteiger partial charge in [-0.05, 0) is 24.1 Å². The van der Waals surface area contributed by atoms with E-state index in [-0.39, 0.29) is 0 Å². The van der Waals surface area contributed by atoms with Crippen LogP contribution in [0.2, 0.25) is 0 Å². The second kappa shape index (κ2) is 6.82. The van der Waals surface area contributed by atoms with Crippen LogP contribution >= 0.6 is 0 Å². The average molecular weight is 271 g/mol. The summed E-state index contributed by atoms with van der Waals surface area (Å²) in [5.74, 6) is 0. The van der Waals surface area contributed by atoms with Gasteiger partial charge in [-0.25, -0.2) is 0 Å². The summed E-state index contributed by atoms with van der Waals surface area (Å²) in [6, 6.07) is 3.64. The van der Waals surface area contributed by atoms with Crippen LogP contribution in [0.1, 0.15) is 25.3 Å². The molecule has 1 rings (SSSR count). The molecule has 0 aliphatic carbocycles. The highest BCUT2D eigenvalue weighted by Crippen LogP contribution is 2.10. The lowest BCUT2D eigenvalue weighted by Gasteiger charge is -2.24. The summed E-state index contributed by atoms with van der Waals surface area (Å²) in [4.78, 5) is 3.91. The smallest absolute Gasteiger partial charge is 0.265 e. The molecular weight excluding hydrogens is 250 g/mol. The Morgan fingerprint density at radius 3 is 2.33 bits per heavy atom. The second-order valence-electron chi connectivity index (χ2n) is 4.29. The molecule has 0 unspecified atom stereocenters. The van der Waals surface area contributed by atoms with Gasteiger partial charge in [0.2, 0.25) is 0 Å². The quantitative estimate of drug-likeness (QED) is 0.755. The standard InChI is InChI=1S/C12H21N3O2S/c1-4-5-10-14(2)18(16,17)15(3)11-12-6-8-13-9-7-12/h6-9H,4-5,10-11H2,1-3H3. The van der Waals surface area contributed by atoms with Gasteiger partial charge in [0.1, 0.15) is 0 Å². The van der Waals surface area contributed by atoms with Crippen LogP contribution in [-0.4, -0.2) is 42.7 Å². The van der Waals surface area contributed by atoms with Crippen LogP contribution in [0.5, 0.6) is 0 Å². The fourth-order valence-electron chi connectivity index (χ4n) is 1.56. The molecule has 0 aliphatic heterocycles. The maximum Gasteiger partial charge on any atom is 0.281 e. The van der Waals surface area contributed by atoms with Crippen molar-refractivity contribution in [1.29, 1.82) is 0 Å². The summed E-state index contributed by atoms with van der Waals surface area (Å²) in [5.41, 5.74) is 0.931. The first-order valence-corrected chi connectivity index (χ1v) is 7.44. The topological polar surface area (TPSA) is 53.5 Å². The van der Waals surface area contributed by atoms with Crippen LogP contribution in [0, 0.1) is 0 Å². The third-order valence-corrected chi connectivity index (χ3v) is 4.66. The van der Waals surface area contributed by atoms with Crippen molar-refractivity contribution in [2.75, 3.05) is 20.6 Å². The van der Waals surface area contributed by atoms with Crippen molar-refractivity contribution in [3.8, 4) is 0 Å². The zero-order valence-corrected chi connectivity index (χ0v) is 12.0. The van der Waals surface area contributed by atoms with E-state index in [1.807, 2.05) is 19.1 Å². The Labute approximate surface area is 110 Å². The lowest BCUT2D eigenvalue weighted by Crippen LogP contribution is -2.39. The van der Waals surface area contributed by atoms with E-state index in [2.05, 4.69) is 4.98 Å². The van der Waals surface area contributed by atoms with Crippen LogP contribution in [0.25, 0.3) is 0 Å². The van der Waals surface area contributed by atoms with E-state index in [9.17, 15) is 8.42 Å². The lowest BCUT2D eigenvalue weighted by molar-refractivity contribution is 0.385. The molecule has 0 saturated carbocycles. The minimum atomic E-state index is -3.36. The summed E-state index contributed by atoms with van der Waals surface area (Å²) in [5, 5.41) is 0. The molecular formula is C12H21N3O2S. The average Bonchev–Trinajstić information content (AvgIpc) is 2.36. The van der Waals surface area contributed by atoms with Crippen LogP contribution in [0.15, 0.2) is 24.5 Å². The Hall–Kier alpha value is -0.980. The van der Waals surface area contributed by atoms with Gasteiger partial charge in [-0.1, -0.05) is 13.3 Å². The molecule has 18 heavy (non-hydrogen) atoms. The maximum absolute atomic E-state index is 12.2. The van der Waals surface area contributed by atoms with E-state index in [1.165, 1.54) is 8.61 Å². The predicted octanol–water partition coefficient (Wildman–Crippen LogP) is 1.49. The number of pyridine rings is 1. The molecule has 0 atom stereocenters. The molecule has 5 nitrogen and oxygen atoms in total. The Morgan fingerprint density at radius 2 is 1.78 bits per heavy atom. The molecule has 1 aromatic rings. The zero-order valence-electron chi connectivity index (χ0n) is 11.2. The minimum Gasteiger partial charge on any atom is -0.265 e. The lowest BCUT2D eigenvalue weighted by atomic mass is 10.3. The molecule has 1 aromatic heterocycles. The summed E-state index contributed by atoms with van der Waals surface area (Å²) in [6.07, 6.45) is 5.18. The zero-order chi connectivity index (χ0) is 13.6. The van der Waals surface area contributed by atoms with Crippen LogP contribution in [-0.2, 0) is 16.8 Å². The summed E-state index contributed by atoms with van der Waals surface area (Å²) in [6.45, 7) is 2.96. The molecule has 0 spiro atoms. The van der Waals surface area contributed by atoms with Crippen molar-refractivity contribution in [3.63, 3.8) is 0 Å². The molecule has 0 aromatic carbocycles. The van der Waals surface area contributed by atoms with E-state index >= 15 is 0 Å². The van der Waals surface area contributed by atoms with Crippen molar-refractivity contribution >= 4 is 10.2 Å². The largest absolute Gasteiger partial charge is 0.281 e. The fourth-order valence-corrected chi connectivity index (χ4v) is 2.71. The molecule has 0 radical (unpaired) electrons. The Kier molecular flexibility index (Phi) is 5.71. The molecule has 6 heteroatoms. The molecule has 1 heterocycles. The molecule has 102 valence electrons. The van der Waals surface area contributed by atoms with Gasteiger partial charge < -0.3 is 0 Å². The number of hydrogen-bond donors (Lipinski definition) is 0. The van der Waals surface area contributed by atoms with Gasteiger partial charge in [-0.15, -0.1) is 0 Å². The normalized spacial score (nSPS) is 12.3. The number of rotatable bonds is 7. The third-order valence-electron chi connectivity index (χ3n) is 2.77. The Balaban J connectivity index is 2.67. The van der Waals surface area contributed by atoms with Crippen molar-refractivity contribution in [2.45, 2.75) is 26.3 Å². The highest BCUT2D eigenvalue weighted by atomic mass is 32.2. The van der Waals surface area contributed by atoms with Gasteiger partial charge in [0.05, 0.1) is 0 Å². The molecule has 0 bridgehead atoms. The first-order chi connectivity index (χ1) is 8.48. The Bertz CT molecular complexity index is 448. The van der Waals surface area contributed by atoms with Gasteiger partial charge in [0.15, 0.2) is 0 Å². The first kappa shape index (κ1) is 15.1. The van der Waals surface area contributed by atoms with Crippen molar-refractivity contribution < 1.29 is 8.42 Å². The minimum absolute atomic E-state index is 0.362. The fraction of sp³-hybridized carbons (Fsp3) is 0.583. The van der Waals surface area contributed by atoms with Crippen LogP contribution < -0.4 is 0 Å². The molecule has 0 aliphatic rings. The van der Waals surface area contributed by atoms with Crippen molar-refractivity contribution in [1.82, 2.24) is 13.6 Å². The highest BCUT2D eigenvalue weighted by molar-refractivity contribution is 7.86. The number of nitrogens with zero attached hydrogens (tertiary/aromatic N) is 3. The van der Waals surface area contributed by atoms with Crippen LogP contribution in [0.3, 0.4) is 0 Å². The van der Waals surface area contributed by atoms with E-state index in [0.717, 1.165) is 18.4 Å². The third kappa shape index (κ3) is 4.04. The van der Waals surface area contributed by atoms with Gasteiger partial charge in [-0.3, -0.25) is 4.98 Å². The van der Waals surface area contributed by atoms with Gasteiger partial charge in [0, 0.05) is 39.6 Å². The van der Waals surface area contributed by atoms with Gasteiger partial charge >= 0.3 is 0 Å². The second-order valence-corrected chi connectivity index (χ2v) is 6.44. The van der Waals surface area contributed by atoms with E-state index in [1.54, 1.807) is 26.5 Å². The summed E-state index contributed by atoms with van der Waals surface area (Å²) >= 11 is 0. The van der Waals surface area contributed by atoms with Crippen molar-refractivity contribution in [3.05, 3.63) is 30.1 Å². The summed E-state index contributed by atoms with van der Waals surface area (Å²) < 4.78 is 27.1. The molecule has 0 saturated heterocycles. The van der Waals surface area contributed by atoms with Crippen LogP contribution in [0.4, 0.5) is 0 Å². The van der Waals surface area contributed by atoms with Gasteiger partial charge in [-0.2, -0.15) is 17.0 Å². The van der Waals surface area contributed by atoms with E-state index < -0.39 is 10.2 Å². The highest BCUT2D eigenvalue weighted by Gasteiger charge is 2.22. The monoisotopic (exact) mass is 271 g/mol. The van der Waals surface area contributed by atoms with E-state index in [4.69, 9.17) is 0 Å².